The van der Waals surface area contributed by atoms with E-state index in [-0.39, 0.29) is 29.0 Å². The van der Waals surface area contributed by atoms with Crippen LogP contribution < -0.4 is 16.0 Å². The van der Waals surface area contributed by atoms with E-state index >= 15 is 0 Å². The number of hydrogen-bond acceptors (Lipinski definition) is 4. The van der Waals surface area contributed by atoms with Gasteiger partial charge in [0, 0.05) is 28.7 Å². The van der Waals surface area contributed by atoms with Crippen molar-refractivity contribution < 1.29 is 19.1 Å². The summed E-state index contributed by atoms with van der Waals surface area (Å²) in [6.07, 6.45) is 3.47. The molecular formula is C19H35N3O4Si. The van der Waals surface area contributed by atoms with Gasteiger partial charge in [-0.2, -0.15) is 0 Å². The SMILES string of the molecule is C[Si]CCCNC(=O)NC1CC(C)(C)CC(C)(CNC(=O)OCC2CO2)C1. The zero-order valence-corrected chi connectivity index (χ0v) is 18.2. The quantitative estimate of drug-likeness (QED) is 0.317. The highest BCUT2D eigenvalue weighted by Crippen LogP contribution is 2.45. The van der Waals surface area contributed by atoms with Gasteiger partial charge < -0.3 is 25.4 Å². The van der Waals surface area contributed by atoms with Crippen molar-refractivity contribution in [2.75, 3.05) is 26.3 Å². The first-order valence-corrected chi connectivity index (χ1v) is 11.6. The average molecular weight is 398 g/mol. The lowest BCUT2D eigenvalue weighted by Crippen LogP contribution is -2.52. The number of amides is 3. The van der Waals surface area contributed by atoms with Crippen LogP contribution in [-0.2, 0) is 9.47 Å². The smallest absolute Gasteiger partial charge is 0.407 e. The zero-order chi connectivity index (χ0) is 19.9. The molecule has 1 saturated carbocycles. The Balaban J connectivity index is 1.79. The highest BCUT2D eigenvalue weighted by molar-refractivity contribution is 6.33. The lowest BCUT2D eigenvalue weighted by molar-refractivity contribution is 0.0689. The summed E-state index contributed by atoms with van der Waals surface area (Å²) in [5.74, 6) is 0. The van der Waals surface area contributed by atoms with Gasteiger partial charge in [0.15, 0.2) is 0 Å². The normalized spacial score (nSPS) is 28.9. The van der Waals surface area contributed by atoms with Gasteiger partial charge in [-0.3, -0.25) is 0 Å². The summed E-state index contributed by atoms with van der Waals surface area (Å²) < 4.78 is 10.2. The van der Waals surface area contributed by atoms with E-state index in [0.717, 1.165) is 47.8 Å². The fourth-order valence-electron chi connectivity index (χ4n) is 4.24. The van der Waals surface area contributed by atoms with E-state index in [0.29, 0.717) is 19.8 Å². The Hall–Kier alpha value is -1.28. The highest BCUT2D eigenvalue weighted by Gasteiger charge is 2.42. The molecule has 1 aliphatic heterocycles. The Morgan fingerprint density at radius 1 is 1.22 bits per heavy atom. The van der Waals surface area contributed by atoms with Gasteiger partial charge >= 0.3 is 12.1 Å². The van der Waals surface area contributed by atoms with E-state index in [1.165, 1.54) is 0 Å². The molecule has 154 valence electrons. The molecular weight excluding hydrogens is 362 g/mol. The van der Waals surface area contributed by atoms with Crippen LogP contribution in [0, 0.1) is 10.8 Å². The van der Waals surface area contributed by atoms with Crippen molar-refractivity contribution >= 4 is 21.6 Å². The molecule has 3 amide bonds. The standard InChI is InChI=1S/C19H35N3O4Si/c1-18(2)8-14(22-16(23)20-6-5-7-27-4)9-19(3,12-18)13-21-17(24)26-11-15-10-25-15/h14-15H,5-13H2,1-4H3,(H,21,24)(H2,20,22,23). The van der Waals surface area contributed by atoms with Gasteiger partial charge in [0.05, 0.1) is 6.61 Å². The first-order chi connectivity index (χ1) is 12.7. The van der Waals surface area contributed by atoms with Crippen molar-refractivity contribution in [2.24, 2.45) is 10.8 Å². The molecule has 7 nitrogen and oxygen atoms in total. The first-order valence-electron chi connectivity index (χ1n) is 9.93. The second kappa shape index (κ2) is 9.77. The third-order valence-corrected chi connectivity index (χ3v) is 5.98. The minimum absolute atomic E-state index is 0.0739. The van der Waals surface area contributed by atoms with E-state index in [2.05, 4.69) is 43.3 Å². The summed E-state index contributed by atoms with van der Waals surface area (Å²) in [7, 11) is 0.927. The van der Waals surface area contributed by atoms with Gasteiger partial charge in [0.2, 0.25) is 0 Å². The van der Waals surface area contributed by atoms with E-state index in [9.17, 15) is 9.59 Å². The van der Waals surface area contributed by atoms with Gasteiger partial charge in [0.1, 0.15) is 12.7 Å². The van der Waals surface area contributed by atoms with Crippen LogP contribution in [0.4, 0.5) is 9.59 Å². The Morgan fingerprint density at radius 2 is 1.96 bits per heavy atom. The molecule has 2 aliphatic rings. The minimum Gasteiger partial charge on any atom is -0.447 e. The summed E-state index contributed by atoms with van der Waals surface area (Å²) in [6.45, 7) is 11.0. The van der Waals surface area contributed by atoms with Crippen LogP contribution in [0.5, 0.6) is 0 Å². The fraction of sp³-hybridized carbons (Fsp3) is 0.895. The van der Waals surface area contributed by atoms with Gasteiger partial charge in [-0.1, -0.05) is 33.4 Å². The van der Waals surface area contributed by atoms with Crippen molar-refractivity contribution in [1.82, 2.24) is 16.0 Å². The largest absolute Gasteiger partial charge is 0.447 e. The minimum atomic E-state index is -0.394. The molecule has 3 unspecified atom stereocenters. The van der Waals surface area contributed by atoms with Crippen LogP contribution in [0.3, 0.4) is 0 Å². The maximum Gasteiger partial charge on any atom is 0.407 e. The molecule has 2 radical (unpaired) electrons. The number of ether oxygens (including phenoxy) is 2. The van der Waals surface area contributed by atoms with Crippen LogP contribution in [0.15, 0.2) is 0 Å². The van der Waals surface area contributed by atoms with Crippen molar-refractivity contribution in [1.29, 1.82) is 0 Å². The predicted octanol–water partition coefficient (Wildman–Crippen LogP) is 2.56. The molecule has 1 saturated heterocycles. The number of rotatable bonds is 9. The number of epoxide rings is 1. The van der Waals surface area contributed by atoms with Gasteiger partial charge in [-0.05, 0) is 36.5 Å². The molecule has 3 N–H and O–H groups in total. The Kier molecular flexibility index (Phi) is 7.97. The highest BCUT2D eigenvalue weighted by atomic mass is 28.2. The van der Waals surface area contributed by atoms with Gasteiger partial charge in [-0.15, -0.1) is 0 Å². The van der Waals surface area contributed by atoms with Crippen molar-refractivity contribution in [2.45, 2.75) is 71.2 Å². The number of urea groups is 1. The summed E-state index contributed by atoms with van der Waals surface area (Å²) in [5, 5.41) is 8.98. The topological polar surface area (TPSA) is 92.0 Å². The van der Waals surface area contributed by atoms with Crippen molar-refractivity contribution in [3.63, 3.8) is 0 Å². The maximum atomic E-state index is 12.2. The second-order valence-corrected chi connectivity index (χ2v) is 10.2. The molecule has 0 aromatic carbocycles. The monoisotopic (exact) mass is 397 g/mol. The Morgan fingerprint density at radius 3 is 2.63 bits per heavy atom. The van der Waals surface area contributed by atoms with Crippen LogP contribution >= 0.6 is 0 Å². The summed E-state index contributed by atoms with van der Waals surface area (Å²) in [6, 6.07) is 1.17. The van der Waals surface area contributed by atoms with Crippen LogP contribution in [-0.4, -0.2) is 60.1 Å². The summed E-state index contributed by atoms with van der Waals surface area (Å²) in [5.41, 5.74) is 0.0137. The van der Waals surface area contributed by atoms with E-state index in [1.54, 1.807) is 0 Å². The molecule has 1 heterocycles. The molecule has 0 bridgehead atoms. The molecule has 3 atom stereocenters. The fourth-order valence-corrected chi connectivity index (χ4v) is 4.77. The molecule has 2 fully saturated rings. The number of hydrogen-bond donors (Lipinski definition) is 3. The molecule has 0 aromatic rings. The first kappa shape index (κ1) is 22.0. The van der Waals surface area contributed by atoms with Gasteiger partial charge in [0.25, 0.3) is 0 Å². The third kappa shape index (κ3) is 8.51. The average Bonchev–Trinajstić information content (AvgIpc) is 3.37. The second-order valence-electron chi connectivity index (χ2n) is 9.02. The number of carbonyl (C=O) groups is 2. The number of alkyl carbamates (subject to hydrolysis) is 1. The summed E-state index contributed by atoms with van der Waals surface area (Å²) in [4.78, 5) is 24.1. The van der Waals surface area contributed by atoms with E-state index in [4.69, 9.17) is 9.47 Å². The van der Waals surface area contributed by atoms with Crippen LogP contribution in [0.1, 0.15) is 46.5 Å². The van der Waals surface area contributed by atoms with Crippen LogP contribution in [0.2, 0.25) is 12.6 Å². The van der Waals surface area contributed by atoms with Crippen molar-refractivity contribution in [3.05, 3.63) is 0 Å². The third-order valence-electron chi connectivity index (χ3n) is 5.13. The lowest BCUT2D eigenvalue weighted by atomic mass is 9.62. The number of carbonyl (C=O) groups excluding carboxylic acids is 2. The van der Waals surface area contributed by atoms with Crippen LogP contribution in [0.25, 0.3) is 0 Å². The Labute approximate surface area is 165 Å². The molecule has 1 aliphatic carbocycles. The maximum absolute atomic E-state index is 12.2. The zero-order valence-electron chi connectivity index (χ0n) is 17.2. The predicted molar refractivity (Wildman–Crippen MR) is 106 cm³/mol. The van der Waals surface area contributed by atoms with E-state index < -0.39 is 6.09 Å². The lowest BCUT2D eigenvalue weighted by Gasteiger charge is -2.46. The summed E-state index contributed by atoms with van der Waals surface area (Å²) >= 11 is 0. The molecule has 8 heteroatoms. The van der Waals surface area contributed by atoms with Crippen molar-refractivity contribution in [3.8, 4) is 0 Å². The van der Waals surface area contributed by atoms with Gasteiger partial charge in [-0.25, -0.2) is 9.59 Å². The van der Waals surface area contributed by atoms with E-state index in [1.807, 2.05) is 0 Å². The number of nitrogens with one attached hydrogen (secondary N) is 3. The molecule has 27 heavy (non-hydrogen) atoms. The Bertz CT molecular complexity index is 513. The molecule has 2 rings (SSSR count). The molecule has 0 aromatic heterocycles. The molecule has 0 spiro atoms.